The Morgan fingerprint density at radius 2 is 0.494 bits per heavy atom. The lowest BCUT2D eigenvalue weighted by Crippen LogP contribution is -2.57. The molecule has 0 aromatic carbocycles. The predicted octanol–water partition coefficient (Wildman–Crippen LogP) is 18.5. The first-order valence-corrected chi connectivity index (χ1v) is 36.5. The maximum atomic E-state index is 3.55. The molecule has 14 saturated carbocycles. The van der Waals surface area contributed by atoms with Crippen molar-refractivity contribution >= 4 is 0 Å². The van der Waals surface area contributed by atoms with E-state index in [1.807, 2.05) is 0 Å². The highest BCUT2D eigenvalue weighted by atomic mass is 15.3. The zero-order chi connectivity index (χ0) is 52.5. The van der Waals surface area contributed by atoms with Crippen LogP contribution < -0.4 is 0 Å². The fourth-order valence-electron chi connectivity index (χ4n) is 29.8. The van der Waals surface area contributed by atoms with Crippen molar-refractivity contribution < 1.29 is 0 Å². The molecule has 0 aromatic heterocycles. The molecule has 77 heavy (non-hydrogen) atoms. The molecule has 26 unspecified atom stereocenters. The summed E-state index contributed by atoms with van der Waals surface area (Å²) in [5.74, 6) is 18.1. The lowest BCUT2D eigenvalue weighted by Gasteiger charge is -2.55. The number of likely N-dealkylation sites (tertiary alicyclic amines) is 1. The number of nitrogens with zero attached hydrogens (tertiary/aromatic N) is 3. The SMILES string of the molecule is CCN1C2CCC(N(C3CCC4C5CCCCC5C(C)(C)C4C3)C3CCC4C5CCCCC5C(C)(C)C4C3)CC2C2CC(N(C3CCC4C5CCCCC5C(C)(C)C4C3)C3CCC4C5CCCCC5C(C)(C)C4C3)CCC21. The second-order valence-corrected chi connectivity index (χ2v) is 35.6. The fraction of sp³-hybridized carbons (Fsp3) is 1.00. The van der Waals surface area contributed by atoms with Crippen molar-refractivity contribution in [2.24, 2.45) is 128 Å². The summed E-state index contributed by atoms with van der Waals surface area (Å²) >= 11 is 0. The maximum Gasteiger partial charge on any atom is 0.0131 e. The van der Waals surface area contributed by atoms with Gasteiger partial charge in [-0.3, -0.25) is 14.7 Å². The molecule has 1 heterocycles. The largest absolute Gasteiger partial charge is 0.297 e. The summed E-state index contributed by atoms with van der Waals surface area (Å²) in [6.07, 6.45) is 52.4. The molecule has 0 amide bonds. The molecule has 0 bridgehead atoms. The van der Waals surface area contributed by atoms with Crippen LogP contribution in [0.25, 0.3) is 0 Å². The van der Waals surface area contributed by atoms with E-state index >= 15 is 0 Å². The molecule has 0 radical (unpaired) electrons. The summed E-state index contributed by atoms with van der Waals surface area (Å²) in [6, 6.07) is 6.76. The van der Waals surface area contributed by atoms with E-state index in [1.54, 1.807) is 116 Å². The monoisotopic (exact) mass is 1050 g/mol. The van der Waals surface area contributed by atoms with E-state index in [4.69, 9.17) is 0 Å². The Labute approximate surface area is 476 Å². The Kier molecular flexibility index (Phi) is 13.9. The molecule has 0 spiro atoms. The van der Waals surface area contributed by atoms with Gasteiger partial charge in [-0.05, 0) is 302 Å². The third-order valence-electron chi connectivity index (χ3n) is 32.6. The minimum Gasteiger partial charge on any atom is -0.297 e. The molecule has 3 nitrogen and oxygen atoms in total. The Morgan fingerprint density at radius 3 is 0.766 bits per heavy atom. The highest BCUT2D eigenvalue weighted by Crippen LogP contribution is 2.69. The molecular weight excluding hydrogens is 931 g/mol. The van der Waals surface area contributed by atoms with Crippen molar-refractivity contribution in [3.8, 4) is 0 Å². The summed E-state index contributed by atoms with van der Waals surface area (Å²) in [5, 5.41) is 0. The zero-order valence-corrected chi connectivity index (χ0v) is 52.1. The van der Waals surface area contributed by atoms with E-state index in [1.165, 1.54) is 109 Å². The molecular formula is C74H123N3. The Hall–Kier alpha value is -0.120. The average molecular weight is 1050 g/mol. The third-order valence-corrected chi connectivity index (χ3v) is 32.6. The van der Waals surface area contributed by atoms with Crippen LogP contribution in [-0.4, -0.2) is 69.6 Å². The molecule has 26 atom stereocenters. The van der Waals surface area contributed by atoms with Crippen LogP contribution in [0.3, 0.4) is 0 Å². The lowest BCUT2D eigenvalue weighted by atomic mass is 9.64. The van der Waals surface area contributed by atoms with Crippen LogP contribution in [-0.2, 0) is 0 Å². The van der Waals surface area contributed by atoms with Gasteiger partial charge in [0.25, 0.3) is 0 Å². The highest BCUT2D eigenvalue weighted by molar-refractivity contribution is 5.15. The molecule has 0 N–H and O–H groups in total. The first-order chi connectivity index (χ1) is 37.2. The minimum atomic E-state index is 0.539. The third kappa shape index (κ3) is 8.26. The first-order valence-electron chi connectivity index (χ1n) is 36.5. The van der Waals surface area contributed by atoms with Crippen LogP contribution in [0.15, 0.2) is 0 Å². The van der Waals surface area contributed by atoms with E-state index in [-0.39, 0.29) is 0 Å². The molecule has 15 fully saturated rings. The van der Waals surface area contributed by atoms with Gasteiger partial charge in [-0.25, -0.2) is 0 Å². The Balaban J connectivity index is 0.737. The molecule has 15 aliphatic rings. The van der Waals surface area contributed by atoms with E-state index in [9.17, 15) is 0 Å². The Bertz CT molecular complexity index is 1840. The summed E-state index contributed by atoms with van der Waals surface area (Å²) in [6.45, 7) is 26.4. The minimum absolute atomic E-state index is 0.539. The maximum absolute atomic E-state index is 3.55. The molecule has 1 aliphatic heterocycles. The molecule has 434 valence electrons. The van der Waals surface area contributed by atoms with Crippen molar-refractivity contribution in [3.63, 3.8) is 0 Å². The van der Waals surface area contributed by atoms with Gasteiger partial charge < -0.3 is 0 Å². The normalized spacial score (nSPS) is 54.0. The quantitative estimate of drug-likeness (QED) is 0.252. The van der Waals surface area contributed by atoms with Crippen LogP contribution in [0.2, 0.25) is 0 Å². The summed E-state index contributed by atoms with van der Waals surface area (Å²) < 4.78 is 0. The van der Waals surface area contributed by atoms with E-state index in [0.717, 1.165) is 155 Å². The van der Waals surface area contributed by atoms with Crippen LogP contribution in [0.5, 0.6) is 0 Å². The fourth-order valence-corrected chi connectivity index (χ4v) is 29.8. The van der Waals surface area contributed by atoms with Crippen molar-refractivity contribution in [1.82, 2.24) is 14.7 Å². The van der Waals surface area contributed by atoms with Gasteiger partial charge in [-0.15, -0.1) is 0 Å². The molecule has 3 heteroatoms. The first kappa shape index (κ1) is 53.6. The van der Waals surface area contributed by atoms with Gasteiger partial charge in [0.1, 0.15) is 0 Å². The zero-order valence-electron chi connectivity index (χ0n) is 52.1. The predicted molar refractivity (Wildman–Crippen MR) is 321 cm³/mol. The van der Waals surface area contributed by atoms with Crippen molar-refractivity contribution in [2.75, 3.05) is 6.54 Å². The van der Waals surface area contributed by atoms with Gasteiger partial charge in [0.15, 0.2) is 0 Å². The lowest BCUT2D eigenvalue weighted by molar-refractivity contribution is -0.0502. The van der Waals surface area contributed by atoms with Crippen molar-refractivity contribution in [2.45, 2.75) is 329 Å². The van der Waals surface area contributed by atoms with Crippen LogP contribution in [0, 0.1) is 128 Å². The second kappa shape index (κ2) is 20.0. The number of fused-ring (bicyclic) bond motifs is 15. The van der Waals surface area contributed by atoms with Gasteiger partial charge in [0, 0.05) is 48.3 Å². The standard InChI is InChI=1S/C74H123N3/c1-10-75-69-37-31-45(76(47-27-33-55-51-19-11-15-23-61(51)71(2,3)65(55)41-47)48-28-34-56-52-20-12-16-24-62(52)72(4,5)66(56)42-48)39-59(69)60-40-46(32-38-70(60)75)77(49-29-35-57-53-21-13-17-25-63(53)73(6,7)67(57)43-49)50-30-36-58-54-22-14-18-26-64(54)74(8,9)68(58)44-50/h45-70H,10-44H2,1-9H3. The summed E-state index contributed by atoms with van der Waals surface area (Å²) in [7, 11) is 0. The van der Waals surface area contributed by atoms with Gasteiger partial charge >= 0.3 is 0 Å². The summed E-state index contributed by atoms with van der Waals surface area (Å²) in [5.41, 5.74) is 2.16. The van der Waals surface area contributed by atoms with E-state index in [2.05, 4.69) is 77.0 Å². The van der Waals surface area contributed by atoms with E-state index in [0.29, 0.717) is 21.7 Å². The number of hydrogen-bond donors (Lipinski definition) is 0. The van der Waals surface area contributed by atoms with Gasteiger partial charge in [0.05, 0.1) is 0 Å². The van der Waals surface area contributed by atoms with Crippen molar-refractivity contribution in [1.29, 1.82) is 0 Å². The average Bonchev–Trinajstić information content (AvgIpc) is 4.33. The van der Waals surface area contributed by atoms with Crippen LogP contribution >= 0.6 is 0 Å². The van der Waals surface area contributed by atoms with Gasteiger partial charge in [-0.2, -0.15) is 0 Å². The second-order valence-electron chi connectivity index (χ2n) is 35.6. The number of rotatable bonds is 7. The van der Waals surface area contributed by atoms with Crippen molar-refractivity contribution in [3.05, 3.63) is 0 Å². The molecule has 15 rings (SSSR count). The van der Waals surface area contributed by atoms with E-state index < -0.39 is 0 Å². The van der Waals surface area contributed by atoms with Gasteiger partial charge in [-0.1, -0.05) is 114 Å². The highest BCUT2D eigenvalue weighted by Gasteiger charge is 2.64. The molecule has 0 aromatic rings. The molecule has 14 aliphatic carbocycles. The summed E-state index contributed by atoms with van der Waals surface area (Å²) in [4.78, 5) is 10.3. The van der Waals surface area contributed by atoms with Crippen LogP contribution in [0.4, 0.5) is 0 Å². The number of hydrogen-bond acceptors (Lipinski definition) is 3. The smallest absolute Gasteiger partial charge is 0.0131 e. The Morgan fingerprint density at radius 1 is 0.260 bits per heavy atom. The van der Waals surface area contributed by atoms with Gasteiger partial charge in [0.2, 0.25) is 0 Å². The van der Waals surface area contributed by atoms with Crippen LogP contribution in [0.1, 0.15) is 281 Å². The topological polar surface area (TPSA) is 9.72 Å². The molecule has 1 saturated heterocycles.